The maximum Gasteiger partial charge on any atom is 0.267 e. The highest BCUT2D eigenvalue weighted by Crippen LogP contribution is 2.20. The number of anilines is 1. The summed E-state index contributed by atoms with van der Waals surface area (Å²) in [6.07, 6.45) is 2.00. The summed E-state index contributed by atoms with van der Waals surface area (Å²) in [6.45, 7) is 3.68. The van der Waals surface area contributed by atoms with Crippen molar-refractivity contribution in [1.29, 1.82) is 5.26 Å². The number of aryl methyl sites for hydroxylation is 1. The first-order valence-electron chi connectivity index (χ1n) is 6.56. The molecule has 5 nitrogen and oxygen atoms in total. The molecule has 1 aromatic rings. The minimum absolute atomic E-state index is 0.0686. The fourth-order valence-corrected chi connectivity index (χ4v) is 1.70. The van der Waals surface area contributed by atoms with Crippen LogP contribution in [0, 0.1) is 18.3 Å². The summed E-state index contributed by atoms with van der Waals surface area (Å²) < 4.78 is 0. The molecule has 6 heteroatoms. The lowest BCUT2D eigenvalue weighted by Crippen LogP contribution is -2.28. The van der Waals surface area contributed by atoms with E-state index in [0.717, 1.165) is 5.56 Å². The number of nitriles is 1. The Balaban J connectivity index is 2.77. The molecule has 0 aromatic heterocycles. The van der Waals surface area contributed by atoms with E-state index in [4.69, 9.17) is 22.0 Å². The monoisotopic (exact) mass is 307 g/mol. The van der Waals surface area contributed by atoms with Crippen LogP contribution in [0.2, 0.25) is 5.02 Å². The van der Waals surface area contributed by atoms with Crippen LogP contribution in [0.15, 0.2) is 30.0 Å². The van der Waals surface area contributed by atoms with Crippen LogP contribution in [0.3, 0.4) is 0 Å². The molecule has 21 heavy (non-hydrogen) atoms. The lowest BCUT2D eigenvalue weighted by Gasteiger charge is -2.12. The molecule has 0 spiro atoms. The van der Waals surface area contributed by atoms with Gasteiger partial charge in [0.25, 0.3) is 5.91 Å². The Hall–Kier alpha value is -2.03. The maximum absolute atomic E-state index is 12.0. The second-order valence-electron chi connectivity index (χ2n) is 4.54. The number of halogens is 1. The molecular weight excluding hydrogens is 290 g/mol. The molecule has 0 aliphatic rings. The van der Waals surface area contributed by atoms with E-state index in [0.29, 0.717) is 17.1 Å². The second-order valence-corrected chi connectivity index (χ2v) is 4.95. The van der Waals surface area contributed by atoms with Crippen molar-refractivity contribution in [3.63, 3.8) is 0 Å². The van der Waals surface area contributed by atoms with E-state index in [9.17, 15) is 4.79 Å². The van der Waals surface area contributed by atoms with Gasteiger partial charge in [-0.2, -0.15) is 5.26 Å². The molecule has 0 radical (unpaired) electrons. The zero-order chi connectivity index (χ0) is 15.8. The minimum Gasteiger partial charge on any atom is -0.394 e. The van der Waals surface area contributed by atoms with Gasteiger partial charge in [0.15, 0.2) is 0 Å². The summed E-state index contributed by atoms with van der Waals surface area (Å²) in [5.41, 5.74) is 1.35. The third kappa shape index (κ3) is 5.10. The topological polar surface area (TPSA) is 85.2 Å². The molecule has 1 amide bonds. The van der Waals surface area contributed by atoms with Crippen LogP contribution in [0.4, 0.5) is 5.69 Å². The van der Waals surface area contributed by atoms with Crippen LogP contribution in [0.1, 0.15) is 18.9 Å². The number of rotatable bonds is 6. The van der Waals surface area contributed by atoms with Crippen molar-refractivity contribution < 1.29 is 9.90 Å². The standard InChI is InChI=1S/C15H18ClN3O2/c1-3-12(9-20)18-8-11(7-17)15(21)19-13-5-4-10(2)14(16)6-13/h4-6,8,12,18,20H,3,9H2,1-2H3,(H,19,21)/b11-8-. The van der Waals surface area contributed by atoms with Gasteiger partial charge in [0.2, 0.25) is 0 Å². The fourth-order valence-electron chi connectivity index (χ4n) is 1.52. The van der Waals surface area contributed by atoms with E-state index in [1.54, 1.807) is 18.2 Å². The molecule has 1 rings (SSSR count). The number of carbonyl (C=O) groups is 1. The number of aliphatic hydroxyl groups excluding tert-OH is 1. The summed E-state index contributed by atoms with van der Waals surface area (Å²) >= 11 is 5.98. The van der Waals surface area contributed by atoms with E-state index < -0.39 is 5.91 Å². The number of nitrogens with zero attached hydrogens (tertiary/aromatic N) is 1. The Morgan fingerprint density at radius 1 is 1.57 bits per heavy atom. The van der Waals surface area contributed by atoms with Crippen molar-refractivity contribution in [2.45, 2.75) is 26.3 Å². The van der Waals surface area contributed by atoms with E-state index in [1.165, 1.54) is 6.20 Å². The summed E-state index contributed by atoms with van der Waals surface area (Å²) in [4.78, 5) is 12.0. The van der Waals surface area contributed by atoms with Gasteiger partial charge in [-0.25, -0.2) is 0 Å². The first-order valence-corrected chi connectivity index (χ1v) is 6.94. The molecule has 3 N–H and O–H groups in total. The van der Waals surface area contributed by atoms with Gasteiger partial charge in [0.1, 0.15) is 11.6 Å². The highest BCUT2D eigenvalue weighted by Gasteiger charge is 2.11. The lowest BCUT2D eigenvalue weighted by atomic mass is 10.2. The number of aliphatic hydroxyl groups is 1. The van der Waals surface area contributed by atoms with Crippen molar-refractivity contribution in [1.82, 2.24) is 5.32 Å². The third-order valence-electron chi connectivity index (χ3n) is 2.97. The smallest absolute Gasteiger partial charge is 0.267 e. The zero-order valence-corrected chi connectivity index (χ0v) is 12.7. The molecule has 0 heterocycles. The van der Waals surface area contributed by atoms with Crippen LogP contribution in [0.5, 0.6) is 0 Å². The quantitative estimate of drug-likeness (QED) is 0.556. The van der Waals surface area contributed by atoms with Gasteiger partial charge in [-0.3, -0.25) is 4.79 Å². The largest absolute Gasteiger partial charge is 0.394 e. The van der Waals surface area contributed by atoms with Gasteiger partial charge in [-0.1, -0.05) is 24.6 Å². The molecule has 1 aromatic carbocycles. The van der Waals surface area contributed by atoms with Crippen molar-refractivity contribution in [3.05, 3.63) is 40.6 Å². The Bertz CT molecular complexity index is 575. The number of benzene rings is 1. The second kappa shape index (κ2) is 8.30. The van der Waals surface area contributed by atoms with E-state index in [2.05, 4.69) is 10.6 Å². The SMILES string of the molecule is CCC(CO)N/C=C(/C#N)C(=O)Nc1ccc(C)c(Cl)c1. The molecule has 0 saturated carbocycles. The van der Waals surface area contributed by atoms with Gasteiger partial charge in [0, 0.05) is 23.0 Å². The third-order valence-corrected chi connectivity index (χ3v) is 3.38. The number of carbonyl (C=O) groups excluding carboxylic acids is 1. The lowest BCUT2D eigenvalue weighted by molar-refractivity contribution is -0.112. The number of hydrogen-bond donors (Lipinski definition) is 3. The molecule has 0 bridgehead atoms. The van der Waals surface area contributed by atoms with Crippen LogP contribution < -0.4 is 10.6 Å². The van der Waals surface area contributed by atoms with Gasteiger partial charge >= 0.3 is 0 Å². The first kappa shape index (κ1) is 17.0. The van der Waals surface area contributed by atoms with Crippen molar-refractivity contribution in [3.8, 4) is 6.07 Å². The Labute approximate surface area is 129 Å². The predicted molar refractivity (Wildman–Crippen MR) is 82.8 cm³/mol. The Kier molecular flexibility index (Phi) is 6.73. The highest BCUT2D eigenvalue weighted by atomic mass is 35.5. The van der Waals surface area contributed by atoms with E-state index in [-0.39, 0.29) is 18.2 Å². The van der Waals surface area contributed by atoms with Gasteiger partial charge in [-0.05, 0) is 31.0 Å². The summed E-state index contributed by atoms with van der Waals surface area (Å²) in [5.74, 6) is -0.530. The van der Waals surface area contributed by atoms with Crippen molar-refractivity contribution in [2.75, 3.05) is 11.9 Å². The van der Waals surface area contributed by atoms with Crippen LogP contribution >= 0.6 is 11.6 Å². The van der Waals surface area contributed by atoms with Crippen molar-refractivity contribution in [2.24, 2.45) is 0 Å². The van der Waals surface area contributed by atoms with Crippen LogP contribution in [-0.2, 0) is 4.79 Å². The molecule has 0 aliphatic heterocycles. The average molecular weight is 308 g/mol. The van der Waals surface area contributed by atoms with E-state index in [1.807, 2.05) is 19.9 Å². The molecule has 1 atom stereocenters. The van der Waals surface area contributed by atoms with Gasteiger partial charge in [-0.15, -0.1) is 0 Å². The highest BCUT2D eigenvalue weighted by molar-refractivity contribution is 6.31. The van der Waals surface area contributed by atoms with Crippen LogP contribution in [-0.4, -0.2) is 23.7 Å². The molecule has 1 unspecified atom stereocenters. The molecule has 0 fully saturated rings. The maximum atomic E-state index is 12.0. The van der Waals surface area contributed by atoms with E-state index >= 15 is 0 Å². The van der Waals surface area contributed by atoms with Gasteiger partial charge < -0.3 is 15.7 Å². The number of nitrogens with one attached hydrogen (secondary N) is 2. The van der Waals surface area contributed by atoms with Crippen LogP contribution in [0.25, 0.3) is 0 Å². The average Bonchev–Trinajstić information content (AvgIpc) is 2.47. The molecule has 0 saturated heterocycles. The number of hydrogen-bond acceptors (Lipinski definition) is 4. The predicted octanol–water partition coefficient (Wildman–Crippen LogP) is 2.35. The fraction of sp³-hybridized carbons (Fsp3) is 0.333. The van der Waals surface area contributed by atoms with Crippen molar-refractivity contribution >= 4 is 23.2 Å². The summed E-state index contributed by atoms with van der Waals surface area (Å²) in [7, 11) is 0. The number of amides is 1. The van der Waals surface area contributed by atoms with Gasteiger partial charge in [0.05, 0.1) is 6.61 Å². The normalized spacial score (nSPS) is 12.4. The summed E-state index contributed by atoms with van der Waals surface area (Å²) in [5, 5.41) is 24.1. The molecule has 112 valence electrons. The Morgan fingerprint density at radius 2 is 2.29 bits per heavy atom. The molecular formula is C15H18ClN3O2. The zero-order valence-electron chi connectivity index (χ0n) is 12.0. The Morgan fingerprint density at radius 3 is 2.81 bits per heavy atom. The minimum atomic E-state index is -0.530. The summed E-state index contributed by atoms with van der Waals surface area (Å²) in [6, 6.07) is 6.76. The molecule has 0 aliphatic carbocycles. The first-order chi connectivity index (χ1) is 10.0.